The first-order valence-corrected chi connectivity index (χ1v) is 10.4. The molecule has 1 aliphatic rings. The first-order chi connectivity index (χ1) is 14.6. The number of piperazine rings is 1. The van der Waals surface area contributed by atoms with Crippen LogP contribution in [0.5, 0.6) is 0 Å². The molecule has 0 unspecified atom stereocenters. The lowest BCUT2D eigenvalue weighted by molar-refractivity contribution is 0.0657. The van der Waals surface area contributed by atoms with Crippen molar-refractivity contribution >= 4 is 41.8 Å². The van der Waals surface area contributed by atoms with Crippen molar-refractivity contribution < 1.29 is 14.0 Å². The van der Waals surface area contributed by atoms with E-state index in [1.807, 2.05) is 32.0 Å². The second-order valence-corrected chi connectivity index (χ2v) is 6.99. The summed E-state index contributed by atoms with van der Waals surface area (Å²) in [6, 6.07) is 10.9. The average molecular weight is 539 g/mol. The van der Waals surface area contributed by atoms with E-state index in [4.69, 9.17) is 9.41 Å². The quantitative estimate of drug-likeness (QED) is 0.335. The zero-order chi connectivity index (χ0) is 21.3. The van der Waals surface area contributed by atoms with Gasteiger partial charge in [-0.15, -0.1) is 24.0 Å². The molecule has 1 aromatic carbocycles. The third-order valence-electron chi connectivity index (χ3n) is 4.87. The molecule has 31 heavy (non-hydrogen) atoms. The number of nitrogens with zero attached hydrogens (tertiary/aromatic N) is 3. The second kappa shape index (κ2) is 12.3. The van der Waals surface area contributed by atoms with Crippen molar-refractivity contribution in [2.45, 2.75) is 20.4 Å². The van der Waals surface area contributed by atoms with Crippen LogP contribution in [0.2, 0.25) is 0 Å². The van der Waals surface area contributed by atoms with Gasteiger partial charge in [-0.2, -0.15) is 0 Å². The lowest BCUT2D eigenvalue weighted by atomic mass is 10.1. The maximum absolute atomic E-state index is 12.4. The highest BCUT2D eigenvalue weighted by Crippen LogP contribution is 2.11. The molecule has 0 saturated carbocycles. The number of nitrogens with one attached hydrogen (secondary N) is 2. The zero-order valence-corrected chi connectivity index (χ0v) is 20.3. The van der Waals surface area contributed by atoms with Crippen LogP contribution in [-0.4, -0.2) is 66.8 Å². The number of carbonyl (C=O) groups excluding carboxylic acids is 2. The smallest absolute Gasteiger partial charge is 0.289 e. The summed E-state index contributed by atoms with van der Waals surface area (Å²) in [6.45, 7) is 8.35. The van der Waals surface area contributed by atoms with E-state index in [9.17, 15) is 9.59 Å². The molecule has 3 rings (SSSR count). The molecule has 1 saturated heterocycles. The SMILES string of the molecule is CCNC(=O)c1cccc(CN=C(NCC)N2CCN(C(=O)c3ccco3)CC2)c1.I. The Morgan fingerprint density at radius 2 is 1.71 bits per heavy atom. The molecule has 0 atom stereocenters. The second-order valence-electron chi connectivity index (χ2n) is 6.99. The van der Waals surface area contributed by atoms with Crippen LogP contribution in [-0.2, 0) is 6.54 Å². The summed E-state index contributed by atoms with van der Waals surface area (Å²) in [5, 5.41) is 6.14. The number of rotatable bonds is 6. The topological polar surface area (TPSA) is 90.2 Å². The summed E-state index contributed by atoms with van der Waals surface area (Å²) < 4.78 is 5.22. The minimum atomic E-state index is -0.0799. The standard InChI is InChI=1S/C22H29N5O3.HI/c1-3-23-20(28)18-8-5-7-17(15-18)16-25-22(24-4-2)27-12-10-26(11-13-27)21(29)19-9-6-14-30-19;/h5-9,14-15H,3-4,10-13,16H2,1-2H3,(H,23,28)(H,24,25);1H. The Kier molecular flexibility index (Phi) is 9.83. The third kappa shape index (κ3) is 6.71. The lowest BCUT2D eigenvalue weighted by Crippen LogP contribution is -2.53. The Labute approximate surface area is 200 Å². The fourth-order valence-electron chi connectivity index (χ4n) is 3.34. The van der Waals surface area contributed by atoms with Crippen molar-refractivity contribution in [1.29, 1.82) is 0 Å². The van der Waals surface area contributed by atoms with Gasteiger partial charge in [0.2, 0.25) is 0 Å². The number of hydrogen-bond donors (Lipinski definition) is 2. The van der Waals surface area contributed by atoms with E-state index in [2.05, 4.69) is 15.5 Å². The van der Waals surface area contributed by atoms with Gasteiger partial charge < -0.3 is 24.9 Å². The first kappa shape index (κ1) is 24.7. The predicted octanol–water partition coefficient (Wildman–Crippen LogP) is 2.57. The fraction of sp³-hybridized carbons (Fsp3) is 0.409. The van der Waals surface area contributed by atoms with E-state index in [1.165, 1.54) is 6.26 Å². The number of hydrogen-bond acceptors (Lipinski definition) is 4. The summed E-state index contributed by atoms with van der Waals surface area (Å²) in [7, 11) is 0. The van der Waals surface area contributed by atoms with Crippen LogP contribution in [0.1, 0.15) is 40.3 Å². The Bertz CT molecular complexity index is 877. The Morgan fingerprint density at radius 3 is 2.35 bits per heavy atom. The number of furan rings is 1. The molecule has 1 fully saturated rings. The van der Waals surface area contributed by atoms with Crippen molar-refractivity contribution in [3.8, 4) is 0 Å². The van der Waals surface area contributed by atoms with Gasteiger partial charge in [0, 0.05) is 44.8 Å². The number of amides is 2. The van der Waals surface area contributed by atoms with Gasteiger partial charge >= 0.3 is 0 Å². The molecule has 9 heteroatoms. The van der Waals surface area contributed by atoms with Crippen LogP contribution in [0.3, 0.4) is 0 Å². The summed E-state index contributed by atoms with van der Waals surface area (Å²) in [4.78, 5) is 33.2. The number of benzene rings is 1. The molecular weight excluding hydrogens is 509 g/mol. The molecule has 2 N–H and O–H groups in total. The van der Waals surface area contributed by atoms with Crippen LogP contribution >= 0.6 is 24.0 Å². The van der Waals surface area contributed by atoms with E-state index >= 15 is 0 Å². The summed E-state index contributed by atoms with van der Waals surface area (Å²) in [6.07, 6.45) is 1.51. The third-order valence-corrected chi connectivity index (χ3v) is 4.87. The molecule has 2 heterocycles. The van der Waals surface area contributed by atoms with Gasteiger partial charge in [0.25, 0.3) is 11.8 Å². The first-order valence-electron chi connectivity index (χ1n) is 10.4. The van der Waals surface area contributed by atoms with Gasteiger partial charge in [-0.05, 0) is 43.7 Å². The fourth-order valence-corrected chi connectivity index (χ4v) is 3.34. The normalized spacial score (nSPS) is 14.1. The van der Waals surface area contributed by atoms with E-state index in [-0.39, 0.29) is 35.8 Å². The summed E-state index contributed by atoms with van der Waals surface area (Å²) in [5.41, 5.74) is 1.61. The van der Waals surface area contributed by atoms with E-state index in [0.29, 0.717) is 50.6 Å². The molecule has 0 radical (unpaired) electrons. The molecule has 0 spiro atoms. The number of aliphatic imine (C=N–C) groups is 1. The maximum atomic E-state index is 12.4. The van der Waals surface area contributed by atoms with Gasteiger partial charge in [0.05, 0.1) is 12.8 Å². The molecule has 2 aromatic rings. The van der Waals surface area contributed by atoms with E-state index < -0.39 is 0 Å². The molecule has 1 aromatic heterocycles. The number of guanidine groups is 1. The van der Waals surface area contributed by atoms with Gasteiger partial charge in [0.15, 0.2) is 11.7 Å². The monoisotopic (exact) mass is 539 g/mol. The van der Waals surface area contributed by atoms with E-state index in [0.717, 1.165) is 18.1 Å². The molecule has 0 aliphatic carbocycles. The molecule has 2 amide bonds. The van der Waals surface area contributed by atoms with Gasteiger partial charge in [-0.3, -0.25) is 9.59 Å². The zero-order valence-electron chi connectivity index (χ0n) is 18.0. The predicted molar refractivity (Wildman–Crippen MR) is 131 cm³/mol. The minimum absolute atomic E-state index is 0. The van der Waals surface area contributed by atoms with Crippen LogP contribution in [0.4, 0.5) is 0 Å². The number of halogens is 1. The van der Waals surface area contributed by atoms with Crippen molar-refractivity contribution in [3.63, 3.8) is 0 Å². The molecule has 1 aliphatic heterocycles. The Balaban J connectivity index is 0.00000341. The van der Waals surface area contributed by atoms with Crippen molar-refractivity contribution in [1.82, 2.24) is 20.4 Å². The highest BCUT2D eigenvalue weighted by Gasteiger charge is 2.25. The lowest BCUT2D eigenvalue weighted by Gasteiger charge is -2.36. The molecule has 8 nitrogen and oxygen atoms in total. The van der Waals surface area contributed by atoms with E-state index in [1.54, 1.807) is 23.1 Å². The van der Waals surface area contributed by atoms with Gasteiger partial charge in [-0.1, -0.05) is 12.1 Å². The molecular formula is C22H30IN5O3. The highest BCUT2D eigenvalue weighted by molar-refractivity contribution is 14.0. The number of carbonyl (C=O) groups is 2. The minimum Gasteiger partial charge on any atom is -0.459 e. The van der Waals surface area contributed by atoms with Crippen molar-refractivity contribution in [2.24, 2.45) is 4.99 Å². The molecule has 168 valence electrons. The Hall–Kier alpha value is -2.56. The average Bonchev–Trinajstić information content (AvgIpc) is 3.32. The largest absolute Gasteiger partial charge is 0.459 e. The van der Waals surface area contributed by atoms with Crippen LogP contribution in [0.25, 0.3) is 0 Å². The summed E-state index contributed by atoms with van der Waals surface area (Å²) >= 11 is 0. The van der Waals surface area contributed by atoms with Crippen LogP contribution in [0, 0.1) is 0 Å². The molecule has 0 bridgehead atoms. The summed E-state index contributed by atoms with van der Waals surface area (Å²) in [5.74, 6) is 1.03. The highest BCUT2D eigenvalue weighted by atomic mass is 127. The Morgan fingerprint density at radius 1 is 1.00 bits per heavy atom. The van der Waals surface area contributed by atoms with Crippen molar-refractivity contribution in [3.05, 3.63) is 59.5 Å². The van der Waals surface area contributed by atoms with Crippen LogP contribution < -0.4 is 10.6 Å². The van der Waals surface area contributed by atoms with Crippen LogP contribution in [0.15, 0.2) is 52.1 Å². The van der Waals surface area contributed by atoms with Crippen molar-refractivity contribution in [2.75, 3.05) is 39.3 Å². The maximum Gasteiger partial charge on any atom is 0.289 e. The van der Waals surface area contributed by atoms with Gasteiger partial charge in [-0.25, -0.2) is 4.99 Å². The van der Waals surface area contributed by atoms with Gasteiger partial charge in [0.1, 0.15) is 0 Å².